The summed E-state index contributed by atoms with van der Waals surface area (Å²) in [6.07, 6.45) is 0.799. The molecule has 5 nitrogen and oxygen atoms in total. The van der Waals surface area contributed by atoms with Crippen molar-refractivity contribution in [2.24, 2.45) is 5.92 Å². The fourth-order valence-corrected chi connectivity index (χ4v) is 2.31. The van der Waals surface area contributed by atoms with E-state index in [1.165, 1.54) is 13.2 Å². The van der Waals surface area contributed by atoms with E-state index >= 15 is 0 Å². The van der Waals surface area contributed by atoms with Gasteiger partial charge in [0.2, 0.25) is 0 Å². The number of esters is 1. The average Bonchev–Trinajstić information content (AvgIpc) is 2.86. The Balaban J connectivity index is 2.33. The Morgan fingerprint density at radius 3 is 2.95 bits per heavy atom. The van der Waals surface area contributed by atoms with E-state index in [0.717, 1.165) is 12.5 Å². The first-order valence-electron chi connectivity index (χ1n) is 6.10. The number of aliphatic hydroxyl groups is 1. The fourth-order valence-electron chi connectivity index (χ4n) is 2.31. The van der Waals surface area contributed by atoms with Gasteiger partial charge in [0.15, 0.2) is 0 Å². The Labute approximate surface area is 110 Å². The van der Waals surface area contributed by atoms with Gasteiger partial charge in [0.1, 0.15) is 5.82 Å². The van der Waals surface area contributed by atoms with Gasteiger partial charge < -0.3 is 20.5 Å². The first-order chi connectivity index (χ1) is 9.06. The van der Waals surface area contributed by atoms with Crippen molar-refractivity contribution >= 4 is 17.3 Å². The molecule has 0 spiro atoms. The van der Waals surface area contributed by atoms with Gasteiger partial charge in [-0.25, -0.2) is 9.18 Å². The van der Waals surface area contributed by atoms with Crippen LogP contribution in [0.1, 0.15) is 16.8 Å². The van der Waals surface area contributed by atoms with Crippen molar-refractivity contribution in [2.45, 2.75) is 6.42 Å². The molecule has 3 N–H and O–H groups in total. The highest BCUT2D eigenvalue weighted by atomic mass is 19.1. The number of carbonyl (C=O) groups excluding carboxylic acids is 1. The number of ether oxygens (including phenoxy) is 1. The Bertz CT molecular complexity index is 493. The average molecular weight is 268 g/mol. The Hall–Kier alpha value is -1.82. The number of carbonyl (C=O) groups is 1. The summed E-state index contributed by atoms with van der Waals surface area (Å²) < 4.78 is 18.6. The molecule has 0 saturated carbocycles. The molecule has 0 radical (unpaired) electrons. The van der Waals surface area contributed by atoms with Crippen molar-refractivity contribution in [2.75, 3.05) is 37.4 Å². The zero-order valence-corrected chi connectivity index (χ0v) is 10.7. The molecule has 1 unspecified atom stereocenters. The van der Waals surface area contributed by atoms with Crippen LogP contribution in [-0.4, -0.2) is 37.9 Å². The molecule has 1 saturated heterocycles. The van der Waals surface area contributed by atoms with Crippen LogP contribution in [0.25, 0.3) is 0 Å². The Morgan fingerprint density at radius 2 is 2.37 bits per heavy atom. The number of halogens is 1. The van der Waals surface area contributed by atoms with Crippen LogP contribution in [0.4, 0.5) is 15.8 Å². The molecule has 1 aromatic carbocycles. The van der Waals surface area contributed by atoms with E-state index in [0.29, 0.717) is 18.8 Å². The van der Waals surface area contributed by atoms with Crippen LogP contribution in [0, 0.1) is 11.7 Å². The molecule has 0 bridgehead atoms. The zero-order chi connectivity index (χ0) is 14.0. The van der Waals surface area contributed by atoms with Crippen LogP contribution in [-0.2, 0) is 4.74 Å². The normalized spacial score (nSPS) is 18.7. The van der Waals surface area contributed by atoms with Crippen LogP contribution < -0.4 is 10.6 Å². The Morgan fingerprint density at radius 1 is 1.63 bits per heavy atom. The summed E-state index contributed by atoms with van der Waals surface area (Å²) in [5, 5.41) is 9.11. The molecule has 0 aromatic heterocycles. The summed E-state index contributed by atoms with van der Waals surface area (Å²) in [6.45, 7) is 1.29. The Kier molecular flexibility index (Phi) is 3.90. The summed E-state index contributed by atoms with van der Waals surface area (Å²) in [6, 6.07) is 2.55. The lowest BCUT2D eigenvalue weighted by molar-refractivity contribution is 0.0602. The monoisotopic (exact) mass is 268 g/mol. The number of methoxy groups -OCH3 is 1. The van der Waals surface area contributed by atoms with Crippen LogP contribution >= 0.6 is 0 Å². The fraction of sp³-hybridized carbons (Fsp3) is 0.462. The van der Waals surface area contributed by atoms with Gasteiger partial charge in [0, 0.05) is 31.3 Å². The number of anilines is 2. The molecule has 6 heteroatoms. The minimum absolute atomic E-state index is 0.0611. The lowest BCUT2D eigenvalue weighted by atomic mass is 10.1. The summed E-state index contributed by atoms with van der Waals surface area (Å²) in [4.78, 5) is 13.4. The first kappa shape index (κ1) is 13.6. The molecular formula is C13H17FN2O3. The van der Waals surface area contributed by atoms with Crippen LogP contribution in [0.5, 0.6) is 0 Å². The van der Waals surface area contributed by atoms with Gasteiger partial charge in [-0.3, -0.25) is 0 Å². The minimum Gasteiger partial charge on any atom is -0.465 e. The van der Waals surface area contributed by atoms with Gasteiger partial charge in [-0.1, -0.05) is 0 Å². The van der Waals surface area contributed by atoms with Gasteiger partial charge in [0.25, 0.3) is 0 Å². The highest BCUT2D eigenvalue weighted by Gasteiger charge is 2.25. The zero-order valence-electron chi connectivity index (χ0n) is 10.7. The smallest absolute Gasteiger partial charge is 0.340 e. The lowest BCUT2D eigenvalue weighted by Gasteiger charge is -2.20. The highest BCUT2D eigenvalue weighted by Crippen LogP contribution is 2.30. The van der Waals surface area contributed by atoms with Crippen LogP contribution in [0.15, 0.2) is 12.1 Å². The van der Waals surface area contributed by atoms with E-state index in [1.54, 1.807) is 0 Å². The number of aliphatic hydroxyl groups excluding tert-OH is 1. The third-order valence-electron chi connectivity index (χ3n) is 3.41. The number of nitrogens with two attached hydrogens (primary N) is 1. The van der Waals surface area contributed by atoms with Crippen molar-refractivity contribution < 1.29 is 19.0 Å². The maximum absolute atomic E-state index is 13.9. The van der Waals surface area contributed by atoms with Crippen LogP contribution in [0.3, 0.4) is 0 Å². The topological polar surface area (TPSA) is 75.8 Å². The molecule has 0 aliphatic carbocycles. The molecular weight excluding hydrogens is 251 g/mol. The van der Waals surface area contributed by atoms with Gasteiger partial charge in [0.05, 0.1) is 18.4 Å². The van der Waals surface area contributed by atoms with Gasteiger partial charge >= 0.3 is 5.97 Å². The van der Waals surface area contributed by atoms with E-state index in [-0.39, 0.29) is 23.8 Å². The van der Waals surface area contributed by atoms with E-state index in [9.17, 15) is 9.18 Å². The van der Waals surface area contributed by atoms with Crippen molar-refractivity contribution in [1.82, 2.24) is 0 Å². The molecule has 1 atom stereocenters. The molecule has 1 fully saturated rings. The maximum atomic E-state index is 13.9. The standard InChI is InChI=1S/C13H17FN2O3/c1-19-13(18)9-4-12(10(14)5-11(9)15)16-3-2-8(6-16)7-17/h4-5,8,17H,2-3,6-7,15H2,1H3. The summed E-state index contributed by atoms with van der Waals surface area (Å²) in [5.74, 6) is -0.918. The van der Waals surface area contributed by atoms with E-state index in [2.05, 4.69) is 4.74 Å². The van der Waals surface area contributed by atoms with E-state index < -0.39 is 11.8 Å². The molecule has 1 aliphatic rings. The predicted molar refractivity (Wildman–Crippen MR) is 69.6 cm³/mol. The number of rotatable bonds is 3. The molecule has 1 heterocycles. The molecule has 1 aromatic rings. The molecule has 0 amide bonds. The second-order valence-electron chi connectivity index (χ2n) is 4.67. The highest BCUT2D eigenvalue weighted by molar-refractivity contribution is 5.96. The summed E-state index contributed by atoms with van der Waals surface area (Å²) in [5.41, 5.74) is 6.16. The van der Waals surface area contributed by atoms with Gasteiger partial charge in [-0.05, 0) is 18.6 Å². The number of nitrogen functional groups attached to an aromatic ring is 1. The predicted octanol–water partition coefficient (Wildman–Crippen LogP) is 1.01. The second kappa shape index (κ2) is 5.44. The lowest BCUT2D eigenvalue weighted by Crippen LogP contribution is -2.22. The van der Waals surface area contributed by atoms with Crippen molar-refractivity contribution in [1.29, 1.82) is 0 Å². The third kappa shape index (κ3) is 2.63. The third-order valence-corrected chi connectivity index (χ3v) is 3.41. The number of hydrogen-bond acceptors (Lipinski definition) is 5. The quantitative estimate of drug-likeness (QED) is 0.632. The van der Waals surface area contributed by atoms with Crippen LogP contribution in [0.2, 0.25) is 0 Å². The van der Waals surface area contributed by atoms with Crippen molar-refractivity contribution in [3.63, 3.8) is 0 Å². The maximum Gasteiger partial charge on any atom is 0.340 e. The molecule has 1 aliphatic heterocycles. The first-order valence-corrected chi connectivity index (χ1v) is 6.10. The van der Waals surface area contributed by atoms with Gasteiger partial charge in [-0.15, -0.1) is 0 Å². The molecule has 2 rings (SSSR count). The second-order valence-corrected chi connectivity index (χ2v) is 4.67. The molecule has 19 heavy (non-hydrogen) atoms. The summed E-state index contributed by atoms with van der Waals surface area (Å²) in [7, 11) is 1.25. The van der Waals surface area contributed by atoms with Gasteiger partial charge in [-0.2, -0.15) is 0 Å². The van der Waals surface area contributed by atoms with E-state index in [1.807, 2.05) is 4.90 Å². The van der Waals surface area contributed by atoms with Crippen molar-refractivity contribution in [3.05, 3.63) is 23.5 Å². The number of nitrogens with zero attached hydrogens (tertiary/aromatic N) is 1. The molecule has 104 valence electrons. The minimum atomic E-state index is -0.586. The number of hydrogen-bond donors (Lipinski definition) is 2. The number of benzene rings is 1. The van der Waals surface area contributed by atoms with Crippen molar-refractivity contribution in [3.8, 4) is 0 Å². The van der Waals surface area contributed by atoms with E-state index in [4.69, 9.17) is 10.8 Å². The SMILES string of the molecule is COC(=O)c1cc(N2CCC(CO)C2)c(F)cc1N. The summed E-state index contributed by atoms with van der Waals surface area (Å²) >= 11 is 0. The largest absolute Gasteiger partial charge is 0.465 e.